The number of amides is 2. The van der Waals surface area contributed by atoms with Crippen LogP contribution in [0.2, 0.25) is 5.02 Å². The first-order chi connectivity index (χ1) is 12.8. The minimum atomic E-state index is -4.60. The first kappa shape index (κ1) is 19.2. The van der Waals surface area contributed by atoms with E-state index in [0.717, 1.165) is 6.07 Å². The lowest BCUT2D eigenvalue weighted by Gasteiger charge is -2.35. The number of hydrogen-bond acceptors (Lipinski definition) is 2. The number of alkyl halides is 3. The fourth-order valence-corrected chi connectivity index (χ4v) is 3.22. The second-order valence-electron chi connectivity index (χ2n) is 6.11. The Kier molecular flexibility index (Phi) is 5.41. The summed E-state index contributed by atoms with van der Waals surface area (Å²) in [7, 11) is 0. The van der Waals surface area contributed by atoms with Gasteiger partial charge in [-0.15, -0.1) is 0 Å². The molecule has 0 radical (unpaired) electrons. The summed E-state index contributed by atoms with van der Waals surface area (Å²) in [4.78, 5) is 28.0. The first-order valence-electron chi connectivity index (χ1n) is 8.28. The van der Waals surface area contributed by atoms with E-state index >= 15 is 0 Å². The van der Waals surface area contributed by atoms with Gasteiger partial charge in [0.15, 0.2) is 0 Å². The van der Waals surface area contributed by atoms with Crippen molar-refractivity contribution in [2.45, 2.75) is 6.18 Å². The largest absolute Gasteiger partial charge is 0.417 e. The standard InChI is InChI=1S/C19H16ClF3N2O2/c20-16-8-4-2-6-14(16)18(27)25-11-9-24(10-12-25)17(26)13-5-1-3-7-15(13)19(21,22)23/h1-8H,9-12H2. The second kappa shape index (κ2) is 7.60. The SMILES string of the molecule is O=C(c1ccccc1Cl)N1CCN(C(=O)c2ccccc2C(F)(F)F)CC1. The van der Waals surface area contributed by atoms with Crippen LogP contribution in [-0.2, 0) is 6.18 Å². The summed E-state index contributed by atoms with van der Waals surface area (Å²) < 4.78 is 39.4. The molecule has 0 unspecified atom stereocenters. The van der Waals surface area contributed by atoms with Gasteiger partial charge in [0.1, 0.15) is 0 Å². The molecule has 3 rings (SSSR count). The smallest absolute Gasteiger partial charge is 0.335 e. The minimum absolute atomic E-state index is 0.154. The summed E-state index contributed by atoms with van der Waals surface area (Å²) in [5, 5.41) is 0.333. The van der Waals surface area contributed by atoms with E-state index in [2.05, 4.69) is 0 Å². The van der Waals surface area contributed by atoms with Crippen molar-refractivity contribution in [1.82, 2.24) is 9.80 Å². The molecule has 2 aromatic rings. The van der Waals surface area contributed by atoms with Crippen LogP contribution >= 0.6 is 11.6 Å². The molecule has 4 nitrogen and oxygen atoms in total. The third-order valence-corrected chi connectivity index (χ3v) is 4.75. The van der Waals surface area contributed by atoms with E-state index < -0.39 is 17.6 Å². The van der Waals surface area contributed by atoms with E-state index in [1.165, 1.54) is 23.1 Å². The van der Waals surface area contributed by atoms with Crippen molar-refractivity contribution in [3.05, 3.63) is 70.2 Å². The van der Waals surface area contributed by atoms with Gasteiger partial charge in [-0.05, 0) is 24.3 Å². The number of benzene rings is 2. The lowest BCUT2D eigenvalue weighted by atomic mass is 10.1. The molecule has 0 atom stereocenters. The molecule has 1 heterocycles. The molecule has 27 heavy (non-hydrogen) atoms. The van der Waals surface area contributed by atoms with Gasteiger partial charge in [0, 0.05) is 26.2 Å². The molecule has 0 aromatic heterocycles. The van der Waals surface area contributed by atoms with Gasteiger partial charge in [-0.25, -0.2) is 0 Å². The van der Waals surface area contributed by atoms with E-state index in [9.17, 15) is 22.8 Å². The highest BCUT2D eigenvalue weighted by Gasteiger charge is 2.36. The number of nitrogens with zero attached hydrogens (tertiary/aromatic N) is 2. The molecule has 0 N–H and O–H groups in total. The van der Waals surface area contributed by atoms with Crippen molar-refractivity contribution in [2.24, 2.45) is 0 Å². The molecule has 0 spiro atoms. The lowest BCUT2D eigenvalue weighted by molar-refractivity contribution is -0.138. The summed E-state index contributed by atoms with van der Waals surface area (Å²) in [5.74, 6) is -0.948. The maximum atomic E-state index is 13.1. The van der Waals surface area contributed by atoms with Crippen LogP contribution in [0.25, 0.3) is 0 Å². The molecular formula is C19H16ClF3N2O2. The molecule has 0 saturated carbocycles. The molecule has 1 fully saturated rings. The van der Waals surface area contributed by atoms with E-state index in [1.54, 1.807) is 29.2 Å². The Morgan fingerprint density at radius 2 is 1.22 bits per heavy atom. The van der Waals surface area contributed by atoms with E-state index in [-0.39, 0.29) is 37.6 Å². The topological polar surface area (TPSA) is 40.6 Å². The molecule has 2 aromatic carbocycles. The Morgan fingerprint density at radius 3 is 1.74 bits per heavy atom. The average molecular weight is 397 g/mol. The monoisotopic (exact) mass is 396 g/mol. The van der Waals surface area contributed by atoms with Crippen LogP contribution in [0.3, 0.4) is 0 Å². The van der Waals surface area contributed by atoms with Crippen molar-refractivity contribution < 1.29 is 22.8 Å². The van der Waals surface area contributed by atoms with Gasteiger partial charge in [0.05, 0.1) is 21.7 Å². The number of carbonyl (C=O) groups is 2. The fraction of sp³-hybridized carbons (Fsp3) is 0.263. The van der Waals surface area contributed by atoms with Crippen LogP contribution < -0.4 is 0 Å². The van der Waals surface area contributed by atoms with E-state index in [1.807, 2.05) is 0 Å². The Bertz CT molecular complexity index is 862. The lowest BCUT2D eigenvalue weighted by Crippen LogP contribution is -2.50. The number of carbonyl (C=O) groups excluding carboxylic acids is 2. The Balaban J connectivity index is 1.71. The predicted molar refractivity (Wildman–Crippen MR) is 94.7 cm³/mol. The molecule has 2 amide bonds. The van der Waals surface area contributed by atoms with Gasteiger partial charge in [-0.2, -0.15) is 13.2 Å². The highest BCUT2D eigenvalue weighted by molar-refractivity contribution is 6.33. The molecule has 1 aliphatic heterocycles. The van der Waals surface area contributed by atoms with E-state index in [0.29, 0.717) is 10.6 Å². The summed E-state index contributed by atoms with van der Waals surface area (Å²) in [6, 6.07) is 11.4. The molecule has 0 aliphatic carbocycles. The molecular weight excluding hydrogens is 381 g/mol. The third-order valence-electron chi connectivity index (χ3n) is 4.42. The Morgan fingerprint density at radius 1 is 0.778 bits per heavy atom. The van der Waals surface area contributed by atoms with Gasteiger partial charge in [-0.3, -0.25) is 9.59 Å². The summed E-state index contributed by atoms with van der Waals surface area (Å²) in [6.07, 6.45) is -4.60. The van der Waals surface area contributed by atoms with Crippen molar-refractivity contribution in [3.8, 4) is 0 Å². The predicted octanol–water partition coefficient (Wildman–Crippen LogP) is 3.96. The van der Waals surface area contributed by atoms with Crippen LogP contribution in [0, 0.1) is 0 Å². The maximum absolute atomic E-state index is 13.1. The van der Waals surface area contributed by atoms with Crippen molar-refractivity contribution in [2.75, 3.05) is 26.2 Å². The first-order valence-corrected chi connectivity index (χ1v) is 8.66. The van der Waals surface area contributed by atoms with Crippen molar-refractivity contribution in [1.29, 1.82) is 0 Å². The van der Waals surface area contributed by atoms with Crippen molar-refractivity contribution in [3.63, 3.8) is 0 Å². The van der Waals surface area contributed by atoms with Crippen LogP contribution in [0.5, 0.6) is 0 Å². The molecule has 1 aliphatic rings. The second-order valence-corrected chi connectivity index (χ2v) is 6.51. The Labute approximate surface area is 159 Å². The molecule has 0 bridgehead atoms. The maximum Gasteiger partial charge on any atom is 0.417 e. The van der Waals surface area contributed by atoms with Gasteiger partial charge in [-0.1, -0.05) is 35.9 Å². The third kappa shape index (κ3) is 4.08. The molecule has 8 heteroatoms. The van der Waals surface area contributed by atoms with Crippen LogP contribution in [0.15, 0.2) is 48.5 Å². The van der Waals surface area contributed by atoms with Gasteiger partial charge in [0.2, 0.25) is 0 Å². The summed E-state index contributed by atoms with van der Waals surface area (Å²) in [6.45, 7) is 0.760. The van der Waals surface area contributed by atoms with Crippen LogP contribution in [0.4, 0.5) is 13.2 Å². The fourth-order valence-electron chi connectivity index (χ4n) is 3.00. The number of rotatable bonds is 2. The summed E-state index contributed by atoms with van der Waals surface area (Å²) in [5.41, 5.74) is -0.971. The van der Waals surface area contributed by atoms with Crippen LogP contribution in [0.1, 0.15) is 26.3 Å². The minimum Gasteiger partial charge on any atom is -0.335 e. The average Bonchev–Trinajstić information content (AvgIpc) is 2.67. The van der Waals surface area contributed by atoms with Crippen molar-refractivity contribution >= 4 is 23.4 Å². The van der Waals surface area contributed by atoms with Crippen LogP contribution in [-0.4, -0.2) is 47.8 Å². The van der Waals surface area contributed by atoms with Gasteiger partial charge >= 0.3 is 6.18 Å². The number of piperazine rings is 1. The van der Waals surface area contributed by atoms with Gasteiger partial charge in [0.25, 0.3) is 11.8 Å². The normalized spacial score (nSPS) is 15.0. The highest BCUT2D eigenvalue weighted by Crippen LogP contribution is 2.32. The molecule has 142 valence electrons. The zero-order valence-corrected chi connectivity index (χ0v) is 14.9. The zero-order chi connectivity index (χ0) is 19.6. The van der Waals surface area contributed by atoms with E-state index in [4.69, 9.17) is 11.6 Å². The number of halogens is 4. The molecule has 1 saturated heterocycles. The highest BCUT2D eigenvalue weighted by atomic mass is 35.5. The quantitative estimate of drug-likeness (QED) is 0.771. The Hall–Kier alpha value is -2.54. The number of hydrogen-bond donors (Lipinski definition) is 0. The van der Waals surface area contributed by atoms with Gasteiger partial charge < -0.3 is 9.80 Å². The zero-order valence-electron chi connectivity index (χ0n) is 14.2. The summed E-state index contributed by atoms with van der Waals surface area (Å²) >= 11 is 6.04.